The molecule has 5 heterocycles. The molecule has 1 unspecified atom stereocenters. The van der Waals surface area contributed by atoms with Crippen molar-refractivity contribution in [1.29, 1.82) is 0 Å². The van der Waals surface area contributed by atoms with E-state index in [1.54, 1.807) is 28.4 Å². The van der Waals surface area contributed by atoms with Gasteiger partial charge in [0.1, 0.15) is 5.72 Å². The average molecular weight is 547 g/mol. The number of aliphatic hydroxyl groups is 1. The fraction of sp³-hybridized carbons (Fsp3) is 0.562. The van der Waals surface area contributed by atoms with Crippen LogP contribution in [0, 0.1) is 5.92 Å². The molecule has 2 aromatic carbocycles. The smallest absolute Gasteiger partial charge is 0.170 e. The maximum atomic E-state index is 11.8. The lowest BCUT2D eigenvalue weighted by atomic mass is 9.49. The second-order valence-corrected chi connectivity index (χ2v) is 12.5. The SMILES string of the molecule is COc1ccc([C@]23CCN4[C@@H]2C[C@@]2(O)C[C@H]3C3=C[C@@]5(c6ccc(OC)c(OC)c6)CCN[C@H]5C[C@]34O2)cc1OC. The van der Waals surface area contributed by atoms with Gasteiger partial charge in [0, 0.05) is 54.6 Å². The number of hydrogen-bond acceptors (Lipinski definition) is 8. The Hall–Kier alpha value is -2.78. The summed E-state index contributed by atoms with van der Waals surface area (Å²) >= 11 is 0. The molecule has 7 aliphatic rings. The first-order chi connectivity index (χ1) is 19.4. The fourth-order valence-electron chi connectivity index (χ4n) is 9.76. The van der Waals surface area contributed by atoms with Crippen LogP contribution in [0.1, 0.15) is 43.2 Å². The Morgan fingerprint density at radius 3 is 2.23 bits per heavy atom. The van der Waals surface area contributed by atoms with Crippen LogP contribution in [0.15, 0.2) is 48.0 Å². The molecule has 6 bridgehead atoms. The molecule has 6 fully saturated rings. The van der Waals surface area contributed by atoms with Gasteiger partial charge in [-0.15, -0.1) is 0 Å². The van der Waals surface area contributed by atoms with Gasteiger partial charge >= 0.3 is 0 Å². The molecule has 8 heteroatoms. The molecule has 40 heavy (non-hydrogen) atoms. The zero-order valence-electron chi connectivity index (χ0n) is 23.7. The molecule has 0 amide bonds. The Balaban J connectivity index is 1.33. The second kappa shape index (κ2) is 8.16. The summed E-state index contributed by atoms with van der Waals surface area (Å²) in [6.45, 7) is 1.87. The van der Waals surface area contributed by atoms with E-state index in [9.17, 15) is 5.11 Å². The van der Waals surface area contributed by atoms with Crippen LogP contribution in [-0.2, 0) is 15.6 Å². The van der Waals surface area contributed by atoms with E-state index in [-0.39, 0.29) is 28.8 Å². The monoisotopic (exact) mass is 546 g/mol. The molecule has 8 nitrogen and oxygen atoms in total. The minimum Gasteiger partial charge on any atom is -0.493 e. The third kappa shape index (κ3) is 2.85. The first-order valence-corrected chi connectivity index (χ1v) is 14.5. The number of piperidine rings is 1. The topological polar surface area (TPSA) is 81.7 Å². The summed E-state index contributed by atoms with van der Waals surface area (Å²) in [6.07, 6.45) is 6.62. The molecule has 2 aliphatic carbocycles. The molecule has 212 valence electrons. The van der Waals surface area contributed by atoms with Crippen LogP contribution in [0.5, 0.6) is 23.0 Å². The van der Waals surface area contributed by atoms with Gasteiger partial charge in [-0.25, -0.2) is 0 Å². The van der Waals surface area contributed by atoms with Crippen LogP contribution in [0.4, 0.5) is 0 Å². The number of fused-ring (bicyclic) bond motifs is 1. The van der Waals surface area contributed by atoms with Gasteiger partial charge in [-0.3, -0.25) is 4.90 Å². The predicted octanol–water partition coefficient (Wildman–Crippen LogP) is 3.50. The Morgan fingerprint density at radius 1 is 0.850 bits per heavy atom. The van der Waals surface area contributed by atoms with Crippen molar-refractivity contribution in [2.75, 3.05) is 41.5 Å². The molecule has 5 aliphatic heterocycles. The maximum absolute atomic E-state index is 11.8. The summed E-state index contributed by atoms with van der Waals surface area (Å²) in [7, 11) is 6.75. The summed E-state index contributed by atoms with van der Waals surface area (Å²) in [6, 6.07) is 13.2. The average Bonchev–Trinajstić information content (AvgIpc) is 3.55. The number of nitrogens with zero attached hydrogens (tertiary/aromatic N) is 1. The molecular weight excluding hydrogens is 508 g/mol. The Morgan fingerprint density at radius 2 is 1.52 bits per heavy atom. The van der Waals surface area contributed by atoms with Crippen molar-refractivity contribution in [2.24, 2.45) is 5.92 Å². The van der Waals surface area contributed by atoms with Gasteiger partial charge in [0.15, 0.2) is 28.8 Å². The zero-order chi connectivity index (χ0) is 27.5. The van der Waals surface area contributed by atoms with E-state index in [1.165, 1.54) is 16.7 Å². The molecule has 2 N–H and O–H groups in total. The van der Waals surface area contributed by atoms with Crippen molar-refractivity contribution in [2.45, 2.75) is 66.5 Å². The standard InChI is InChI=1S/C32H38N2O6/c1-36-23-7-5-19(13-25(23)38-3)29-9-11-33-27(29)17-32-22(15-29)21-16-30(35,40-32)18-28-31(21,10-12-34(28)32)20-6-8-24(37-2)26(14-20)39-4/h5-8,13-15,21,27-28,33,35H,9-12,16-18H2,1-4H3/t21-,27-,28+,29+,30+,31-,32-/m0/s1. The van der Waals surface area contributed by atoms with Gasteiger partial charge in [0.05, 0.1) is 28.4 Å². The molecule has 2 aromatic rings. The minimum absolute atomic E-state index is 0.122. The van der Waals surface area contributed by atoms with E-state index in [4.69, 9.17) is 23.7 Å². The van der Waals surface area contributed by atoms with Crippen molar-refractivity contribution in [3.8, 4) is 23.0 Å². The zero-order valence-corrected chi connectivity index (χ0v) is 23.7. The fourth-order valence-corrected chi connectivity index (χ4v) is 9.76. The summed E-state index contributed by atoms with van der Waals surface area (Å²) in [5.74, 6) is 2.05. The Bertz CT molecular complexity index is 1430. The van der Waals surface area contributed by atoms with E-state index < -0.39 is 11.5 Å². The molecule has 8 atom stereocenters. The third-order valence-electron chi connectivity index (χ3n) is 11.3. The maximum Gasteiger partial charge on any atom is 0.170 e. The van der Waals surface area contributed by atoms with Crippen molar-refractivity contribution in [3.05, 3.63) is 59.2 Å². The molecule has 1 spiro atoms. The van der Waals surface area contributed by atoms with Gasteiger partial charge in [-0.1, -0.05) is 18.2 Å². The van der Waals surface area contributed by atoms with Gasteiger partial charge < -0.3 is 34.1 Å². The summed E-state index contributed by atoms with van der Waals surface area (Å²) < 4.78 is 29.5. The number of benzene rings is 2. The summed E-state index contributed by atoms with van der Waals surface area (Å²) in [5, 5.41) is 15.6. The number of ether oxygens (including phenoxy) is 5. The normalized spacial score (nSPS) is 41.8. The number of hydrogen-bond donors (Lipinski definition) is 2. The highest BCUT2D eigenvalue weighted by Gasteiger charge is 2.77. The number of nitrogens with one attached hydrogen (secondary N) is 1. The summed E-state index contributed by atoms with van der Waals surface area (Å²) in [5.41, 5.74) is 2.95. The third-order valence-corrected chi connectivity index (χ3v) is 11.3. The summed E-state index contributed by atoms with van der Waals surface area (Å²) in [4.78, 5) is 2.60. The molecule has 0 radical (unpaired) electrons. The van der Waals surface area contributed by atoms with Crippen molar-refractivity contribution in [1.82, 2.24) is 10.2 Å². The van der Waals surface area contributed by atoms with Gasteiger partial charge in [0.25, 0.3) is 0 Å². The lowest BCUT2D eigenvalue weighted by Gasteiger charge is -2.71. The van der Waals surface area contributed by atoms with Crippen molar-refractivity contribution in [3.63, 3.8) is 0 Å². The van der Waals surface area contributed by atoms with E-state index >= 15 is 0 Å². The first kappa shape index (κ1) is 25.0. The molecule has 1 saturated carbocycles. The lowest BCUT2D eigenvalue weighted by molar-refractivity contribution is -0.384. The van der Waals surface area contributed by atoms with Crippen LogP contribution in [0.2, 0.25) is 0 Å². The molecular formula is C32H38N2O6. The van der Waals surface area contributed by atoms with Gasteiger partial charge in [-0.05, 0) is 60.4 Å². The lowest BCUT2D eigenvalue weighted by Crippen LogP contribution is -2.79. The minimum atomic E-state index is -1.10. The highest BCUT2D eigenvalue weighted by molar-refractivity contribution is 5.55. The molecule has 5 saturated heterocycles. The second-order valence-electron chi connectivity index (χ2n) is 12.5. The Labute approximate surface area is 235 Å². The first-order valence-electron chi connectivity index (χ1n) is 14.5. The van der Waals surface area contributed by atoms with Gasteiger partial charge in [-0.2, -0.15) is 0 Å². The van der Waals surface area contributed by atoms with E-state index in [0.29, 0.717) is 12.8 Å². The molecule has 0 aromatic heterocycles. The van der Waals surface area contributed by atoms with Crippen LogP contribution in [0.3, 0.4) is 0 Å². The largest absolute Gasteiger partial charge is 0.493 e. The van der Waals surface area contributed by atoms with Crippen molar-refractivity contribution >= 4 is 0 Å². The van der Waals surface area contributed by atoms with E-state index in [1.807, 2.05) is 12.1 Å². The van der Waals surface area contributed by atoms with Crippen molar-refractivity contribution < 1.29 is 28.8 Å². The van der Waals surface area contributed by atoms with Crippen LogP contribution < -0.4 is 24.3 Å². The Kier molecular flexibility index (Phi) is 5.09. The molecule has 9 rings (SSSR count). The van der Waals surface area contributed by atoms with Crippen LogP contribution in [-0.4, -0.2) is 75.1 Å². The number of methoxy groups -OCH3 is 4. The predicted molar refractivity (Wildman–Crippen MR) is 148 cm³/mol. The number of rotatable bonds is 6. The van der Waals surface area contributed by atoms with E-state index in [0.717, 1.165) is 55.4 Å². The quantitative estimate of drug-likeness (QED) is 0.533. The van der Waals surface area contributed by atoms with Crippen LogP contribution in [0.25, 0.3) is 0 Å². The highest BCUT2D eigenvalue weighted by Crippen LogP contribution is 2.71. The van der Waals surface area contributed by atoms with E-state index in [2.05, 4.69) is 40.6 Å². The van der Waals surface area contributed by atoms with Crippen LogP contribution >= 0.6 is 0 Å². The van der Waals surface area contributed by atoms with Gasteiger partial charge in [0.2, 0.25) is 0 Å². The highest BCUT2D eigenvalue weighted by atomic mass is 16.7.